The molecule has 0 aliphatic carbocycles. The second-order valence-corrected chi connectivity index (χ2v) is 15.4. The number of benzene rings is 2. The van der Waals surface area contributed by atoms with Crippen molar-refractivity contribution in [3.8, 4) is 5.75 Å². The Kier molecular flexibility index (Phi) is 24.0. The van der Waals surface area contributed by atoms with E-state index in [4.69, 9.17) is 9.47 Å². The van der Waals surface area contributed by atoms with Crippen molar-refractivity contribution in [2.24, 2.45) is 0 Å². The molecule has 0 aromatic heterocycles. The number of hydrogen-bond donors (Lipinski definition) is 0. The van der Waals surface area contributed by atoms with E-state index in [1.807, 2.05) is 30.3 Å². The third-order valence-corrected chi connectivity index (χ3v) is 10.8. The van der Waals surface area contributed by atoms with Crippen LogP contribution < -0.4 is 4.74 Å². The van der Waals surface area contributed by atoms with Crippen molar-refractivity contribution in [2.45, 2.75) is 200 Å². The maximum Gasteiger partial charge on any atom is 0.341 e. The van der Waals surface area contributed by atoms with Gasteiger partial charge in [-0.15, -0.1) is 0 Å². The zero-order valence-electron chi connectivity index (χ0n) is 33.5. The van der Waals surface area contributed by atoms with Crippen molar-refractivity contribution >= 4 is 11.9 Å². The van der Waals surface area contributed by atoms with Crippen molar-refractivity contribution in [3.63, 3.8) is 0 Å². The van der Waals surface area contributed by atoms with Gasteiger partial charge in [0.05, 0.1) is 17.7 Å². The molecule has 1 heterocycles. The van der Waals surface area contributed by atoms with Crippen LogP contribution >= 0.6 is 0 Å². The zero-order chi connectivity index (χ0) is 36.9. The normalized spacial score (nSPS) is 14.3. The topological polar surface area (TPSA) is 55.8 Å². The lowest BCUT2D eigenvalue weighted by Gasteiger charge is -2.29. The van der Waals surface area contributed by atoms with Crippen LogP contribution in [0.3, 0.4) is 0 Å². The number of carbonyl (C=O) groups excluding carboxylic acids is 2. The van der Waals surface area contributed by atoms with Gasteiger partial charge in [-0.2, -0.15) is 0 Å². The molecule has 1 amide bonds. The number of fused-ring (bicyclic) bond motifs is 1. The maximum absolute atomic E-state index is 13.8. The highest BCUT2D eigenvalue weighted by molar-refractivity contribution is 6.06. The number of esters is 1. The van der Waals surface area contributed by atoms with Crippen LogP contribution in [0.25, 0.3) is 0 Å². The zero-order valence-corrected chi connectivity index (χ0v) is 33.5. The van der Waals surface area contributed by atoms with E-state index in [0.717, 1.165) is 30.6 Å². The largest absolute Gasteiger partial charge is 0.494 e. The molecule has 0 saturated heterocycles. The second kappa shape index (κ2) is 28.7. The molecule has 5 heteroatoms. The molecule has 52 heavy (non-hydrogen) atoms. The molecule has 0 N–H and O–H groups in total. The summed E-state index contributed by atoms with van der Waals surface area (Å²) in [5.41, 5.74) is 1.56. The summed E-state index contributed by atoms with van der Waals surface area (Å²) >= 11 is 0. The van der Waals surface area contributed by atoms with Gasteiger partial charge in [-0.25, -0.2) is 4.79 Å². The summed E-state index contributed by atoms with van der Waals surface area (Å²) in [5, 5.41) is 0. The summed E-state index contributed by atoms with van der Waals surface area (Å²) in [6.07, 6.45) is 36.0. The average Bonchev–Trinajstić information content (AvgIpc) is 3.27. The SMILES string of the molecule is CCCCCCCCCCCCCCCCCCN1C(=O)c2ccccc2C(=O)OC1c1ccc(OCCCCCCCCCCCCCC)cc1. The summed E-state index contributed by atoms with van der Waals surface area (Å²) < 4.78 is 12.1. The van der Waals surface area contributed by atoms with Crippen LogP contribution in [0, 0.1) is 0 Å². The third-order valence-electron chi connectivity index (χ3n) is 10.8. The van der Waals surface area contributed by atoms with E-state index < -0.39 is 12.2 Å². The van der Waals surface area contributed by atoms with Crippen molar-refractivity contribution < 1.29 is 19.1 Å². The minimum Gasteiger partial charge on any atom is -0.494 e. The van der Waals surface area contributed by atoms with Gasteiger partial charge in [0.2, 0.25) is 6.23 Å². The first kappa shape index (κ1) is 43.6. The predicted octanol–water partition coefficient (Wildman–Crippen LogP) is 14.3. The summed E-state index contributed by atoms with van der Waals surface area (Å²) in [5.74, 6) is 0.223. The molecular weight excluding hydrogens is 643 g/mol. The Morgan fingerprint density at radius 1 is 0.500 bits per heavy atom. The molecular formula is C47H75NO4. The molecule has 0 spiro atoms. The standard InChI is InChI=1S/C47H75NO4/c1-3-5-7-9-11-13-15-17-18-19-20-21-23-25-27-31-39-48-45(49)43-33-29-30-34-44(43)47(50)52-46(48)41-35-37-42(38-36-41)51-40-32-28-26-24-22-16-14-12-10-8-6-4-2/h29-30,33-38,46H,3-28,31-32,39-40H2,1-2H3. The lowest BCUT2D eigenvalue weighted by molar-refractivity contribution is -0.0224. The quantitative estimate of drug-likeness (QED) is 0.0558. The highest BCUT2D eigenvalue weighted by Gasteiger charge is 2.35. The monoisotopic (exact) mass is 718 g/mol. The number of cyclic esters (lactones) is 1. The van der Waals surface area contributed by atoms with Crippen molar-refractivity contribution in [1.82, 2.24) is 4.90 Å². The Balaban J connectivity index is 1.36. The summed E-state index contributed by atoms with van der Waals surface area (Å²) in [4.78, 5) is 28.8. The molecule has 2 aromatic rings. The van der Waals surface area contributed by atoms with Crippen LogP contribution in [-0.4, -0.2) is 29.9 Å². The number of amides is 1. The van der Waals surface area contributed by atoms with E-state index >= 15 is 0 Å². The summed E-state index contributed by atoms with van der Waals surface area (Å²) in [6, 6.07) is 14.8. The van der Waals surface area contributed by atoms with Gasteiger partial charge in [0.1, 0.15) is 5.75 Å². The van der Waals surface area contributed by atoms with Crippen LogP contribution in [0.4, 0.5) is 0 Å². The third kappa shape index (κ3) is 17.8. The van der Waals surface area contributed by atoms with Gasteiger partial charge in [-0.1, -0.05) is 193 Å². The van der Waals surface area contributed by atoms with Crippen LogP contribution in [-0.2, 0) is 4.74 Å². The van der Waals surface area contributed by atoms with Gasteiger partial charge in [0.15, 0.2) is 0 Å². The number of unbranched alkanes of at least 4 members (excludes halogenated alkanes) is 26. The molecule has 1 atom stereocenters. The molecule has 1 unspecified atom stereocenters. The Labute approximate surface area is 319 Å². The van der Waals surface area contributed by atoms with E-state index in [9.17, 15) is 9.59 Å². The maximum atomic E-state index is 13.8. The molecule has 3 rings (SSSR count). The number of ether oxygens (including phenoxy) is 2. The van der Waals surface area contributed by atoms with Crippen molar-refractivity contribution in [1.29, 1.82) is 0 Å². The van der Waals surface area contributed by atoms with Gasteiger partial charge in [-0.05, 0) is 49.2 Å². The molecule has 0 radical (unpaired) electrons. The van der Waals surface area contributed by atoms with E-state index in [0.29, 0.717) is 24.3 Å². The number of rotatable bonds is 32. The minimum absolute atomic E-state index is 0.139. The van der Waals surface area contributed by atoms with E-state index in [2.05, 4.69) is 13.8 Å². The van der Waals surface area contributed by atoms with Crippen LogP contribution in [0.5, 0.6) is 5.75 Å². The highest BCUT2D eigenvalue weighted by atomic mass is 16.6. The lowest BCUT2D eigenvalue weighted by atomic mass is 10.0. The van der Waals surface area contributed by atoms with E-state index in [-0.39, 0.29) is 5.91 Å². The van der Waals surface area contributed by atoms with Gasteiger partial charge in [0, 0.05) is 12.1 Å². The van der Waals surface area contributed by atoms with Crippen LogP contribution in [0.15, 0.2) is 48.5 Å². The van der Waals surface area contributed by atoms with Gasteiger partial charge in [-0.3, -0.25) is 9.69 Å². The Bertz CT molecular complexity index is 1190. The van der Waals surface area contributed by atoms with Gasteiger partial charge < -0.3 is 9.47 Å². The first-order chi connectivity index (χ1) is 25.7. The van der Waals surface area contributed by atoms with Crippen LogP contribution in [0.2, 0.25) is 0 Å². The molecule has 5 nitrogen and oxygen atoms in total. The highest BCUT2D eigenvalue weighted by Crippen LogP contribution is 2.32. The molecule has 0 fully saturated rings. The van der Waals surface area contributed by atoms with E-state index in [1.54, 1.807) is 23.1 Å². The minimum atomic E-state index is -0.755. The molecule has 1 aliphatic heterocycles. The molecule has 0 saturated carbocycles. The first-order valence-corrected chi connectivity index (χ1v) is 22.0. The second-order valence-electron chi connectivity index (χ2n) is 15.4. The van der Waals surface area contributed by atoms with Gasteiger partial charge in [0.25, 0.3) is 5.91 Å². The Morgan fingerprint density at radius 3 is 1.37 bits per heavy atom. The fourth-order valence-electron chi connectivity index (χ4n) is 7.50. The van der Waals surface area contributed by atoms with E-state index in [1.165, 1.54) is 161 Å². The Morgan fingerprint density at radius 2 is 0.904 bits per heavy atom. The number of carbonyl (C=O) groups is 2. The van der Waals surface area contributed by atoms with Gasteiger partial charge >= 0.3 is 5.97 Å². The fourth-order valence-corrected chi connectivity index (χ4v) is 7.50. The van der Waals surface area contributed by atoms with Crippen molar-refractivity contribution in [2.75, 3.05) is 13.2 Å². The Hall–Kier alpha value is -2.82. The van der Waals surface area contributed by atoms with Crippen molar-refractivity contribution in [3.05, 3.63) is 65.2 Å². The molecule has 1 aliphatic rings. The molecule has 292 valence electrons. The number of hydrogen-bond acceptors (Lipinski definition) is 4. The fraction of sp³-hybridized carbons (Fsp3) is 0.702. The summed E-state index contributed by atoms with van der Waals surface area (Å²) in [7, 11) is 0. The average molecular weight is 718 g/mol. The molecule has 2 aromatic carbocycles. The lowest BCUT2D eigenvalue weighted by Crippen LogP contribution is -2.36. The smallest absolute Gasteiger partial charge is 0.341 e. The summed E-state index contributed by atoms with van der Waals surface area (Å²) in [6.45, 7) is 5.82. The molecule has 0 bridgehead atoms. The number of nitrogens with zero attached hydrogens (tertiary/aromatic N) is 1. The van der Waals surface area contributed by atoms with Crippen LogP contribution in [0.1, 0.15) is 226 Å². The predicted molar refractivity (Wildman–Crippen MR) is 218 cm³/mol. The first-order valence-electron chi connectivity index (χ1n) is 22.0.